The number of hydrogen-bond donors (Lipinski definition) is 2. The van der Waals surface area contributed by atoms with E-state index in [4.69, 9.17) is 12.2 Å². The van der Waals surface area contributed by atoms with Crippen molar-refractivity contribution in [2.75, 3.05) is 5.73 Å². The van der Waals surface area contributed by atoms with Crippen molar-refractivity contribution in [3.8, 4) is 12.3 Å². The molecule has 2 heterocycles. The van der Waals surface area contributed by atoms with E-state index in [1.807, 2.05) is 19.1 Å². The van der Waals surface area contributed by atoms with E-state index in [1.165, 1.54) is 11.3 Å². The molecule has 5 heteroatoms. The molecule has 1 amide bonds. The summed E-state index contributed by atoms with van der Waals surface area (Å²) in [6.07, 6.45) is 7.36. The SMILES string of the molecule is C#CCC(C)NC(=O)c1sc2cccnc2c1N. The molecule has 1 atom stereocenters. The topological polar surface area (TPSA) is 68.0 Å². The second-order valence-corrected chi connectivity index (χ2v) is 5.03. The second-order valence-electron chi connectivity index (χ2n) is 3.98. The van der Waals surface area contributed by atoms with Crippen LogP contribution in [0, 0.1) is 12.3 Å². The van der Waals surface area contributed by atoms with E-state index in [1.54, 1.807) is 6.20 Å². The average molecular weight is 259 g/mol. The third-order valence-electron chi connectivity index (χ3n) is 2.49. The zero-order valence-corrected chi connectivity index (χ0v) is 10.8. The average Bonchev–Trinajstić information content (AvgIpc) is 2.68. The third kappa shape index (κ3) is 2.29. The van der Waals surface area contributed by atoms with Gasteiger partial charge in [-0.15, -0.1) is 23.7 Å². The first kappa shape index (κ1) is 12.4. The molecule has 1 unspecified atom stereocenters. The van der Waals surface area contributed by atoms with E-state index in [2.05, 4.69) is 16.2 Å². The maximum atomic E-state index is 12.0. The number of anilines is 1. The summed E-state index contributed by atoms with van der Waals surface area (Å²) < 4.78 is 0.907. The van der Waals surface area contributed by atoms with E-state index in [-0.39, 0.29) is 11.9 Å². The van der Waals surface area contributed by atoms with Crippen LogP contribution in [0.1, 0.15) is 23.0 Å². The zero-order valence-electron chi connectivity index (χ0n) is 9.93. The molecule has 2 aromatic heterocycles. The summed E-state index contributed by atoms with van der Waals surface area (Å²) in [4.78, 5) is 16.7. The number of amides is 1. The number of terminal acetylenes is 1. The van der Waals surface area contributed by atoms with E-state index in [0.717, 1.165) is 4.70 Å². The van der Waals surface area contributed by atoms with Crippen LogP contribution in [0.3, 0.4) is 0 Å². The van der Waals surface area contributed by atoms with Gasteiger partial charge in [0.05, 0.1) is 10.4 Å². The highest BCUT2D eigenvalue weighted by molar-refractivity contribution is 7.21. The molecular weight excluding hydrogens is 246 g/mol. The quantitative estimate of drug-likeness (QED) is 0.829. The highest BCUT2D eigenvalue weighted by Gasteiger charge is 2.18. The van der Waals surface area contributed by atoms with Crippen LogP contribution in [0.25, 0.3) is 10.2 Å². The van der Waals surface area contributed by atoms with Crippen LogP contribution in [0.5, 0.6) is 0 Å². The summed E-state index contributed by atoms with van der Waals surface area (Å²) in [5, 5.41) is 2.82. The molecule has 18 heavy (non-hydrogen) atoms. The first-order chi connectivity index (χ1) is 8.63. The maximum absolute atomic E-state index is 12.0. The van der Waals surface area contributed by atoms with E-state index >= 15 is 0 Å². The Morgan fingerprint density at radius 1 is 1.72 bits per heavy atom. The van der Waals surface area contributed by atoms with Gasteiger partial charge >= 0.3 is 0 Å². The molecule has 0 radical (unpaired) electrons. The molecule has 0 saturated heterocycles. The first-order valence-corrected chi connectivity index (χ1v) is 6.32. The lowest BCUT2D eigenvalue weighted by atomic mass is 10.2. The fourth-order valence-electron chi connectivity index (χ4n) is 1.63. The first-order valence-electron chi connectivity index (χ1n) is 5.50. The number of nitrogens with zero attached hydrogens (tertiary/aromatic N) is 1. The fraction of sp³-hybridized carbons (Fsp3) is 0.231. The molecule has 0 aliphatic heterocycles. The maximum Gasteiger partial charge on any atom is 0.263 e. The van der Waals surface area contributed by atoms with Crippen LogP contribution in [0.15, 0.2) is 18.3 Å². The fourth-order valence-corrected chi connectivity index (χ4v) is 2.62. The molecule has 2 aromatic rings. The Morgan fingerprint density at radius 3 is 3.17 bits per heavy atom. The van der Waals surface area contributed by atoms with Crippen LogP contribution in [0.2, 0.25) is 0 Å². The number of thiophene rings is 1. The van der Waals surface area contributed by atoms with Crippen LogP contribution in [0.4, 0.5) is 5.69 Å². The van der Waals surface area contributed by atoms with Gasteiger partial charge in [0.1, 0.15) is 10.4 Å². The van der Waals surface area contributed by atoms with E-state index in [9.17, 15) is 4.79 Å². The summed E-state index contributed by atoms with van der Waals surface area (Å²) >= 11 is 1.34. The number of aromatic nitrogens is 1. The van der Waals surface area contributed by atoms with Crippen molar-refractivity contribution in [3.05, 3.63) is 23.2 Å². The smallest absolute Gasteiger partial charge is 0.263 e. The van der Waals surface area contributed by atoms with Gasteiger partial charge in [0.25, 0.3) is 5.91 Å². The molecule has 0 bridgehead atoms. The Bertz CT molecular complexity index is 627. The predicted molar refractivity (Wildman–Crippen MR) is 74.4 cm³/mol. The van der Waals surface area contributed by atoms with Crippen molar-refractivity contribution in [3.63, 3.8) is 0 Å². The summed E-state index contributed by atoms with van der Waals surface area (Å²) in [5.74, 6) is 2.31. The molecule has 0 spiro atoms. The Labute approximate surface area is 109 Å². The molecule has 92 valence electrons. The zero-order chi connectivity index (χ0) is 13.1. The van der Waals surface area contributed by atoms with Crippen molar-refractivity contribution in [1.82, 2.24) is 10.3 Å². The normalized spacial score (nSPS) is 12.0. The molecule has 0 saturated carbocycles. The van der Waals surface area contributed by atoms with Gasteiger partial charge in [-0.1, -0.05) is 0 Å². The molecule has 4 nitrogen and oxygen atoms in total. The van der Waals surface area contributed by atoms with Crippen LogP contribution in [-0.4, -0.2) is 16.9 Å². The molecule has 0 fully saturated rings. The van der Waals surface area contributed by atoms with Gasteiger partial charge in [-0.05, 0) is 19.1 Å². The highest BCUT2D eigenvalue weighted by Crippen LogP contribution is 2.31. The largest absolute Gasteiger partial charge is 0.396 e. The van der Waals surface area contributed by atoms with Crippen LogP contribution in [-0.2, 0) is 0 Å². The number of hydrogen-bond acceptors (Lipinski definition) is 4. The van der Waals surface area contributed by atoms with Crippen LogP contribution < -0.4 is 11.1 Å². The summed E-state index contributed by atoms with van der Waals surface area (Å²) in [7, 11) is 0. The van der Waals surface area contributed by atoms with Crippen molar-refractivity contribution in [2.45, 2.75) is 19.4 Å². The van der Waals surface area contributed by atoms with Crippen molar-refractivity contribution >= 4 is 33.1 Å². The van der Waals surface area contributed by atoms with E-state index < -0.39 is 0 Å². The lowest BCUT2D eigenvalue weighted by Gasteiger charge is -2.09. The molecule has 2 rings (SSSR count). The lowest BCUT2D eigenvalue weighted by Crippen LogP contribution is -2.32. The minimum Gasteiger partial charge on any atom is -0.396 e. The summed E-state index contributed by atoms with van der Waals surface area (Å²) in [6.45, 7) is 1.86. The molecule has 0 aliphatic carbocycles. The van der Waals surface area contributed by atoms with Crippen molar-refractivity contribution in [1.29, 1.82) is 0 Å². The number of nitrogen functional groups attached to an aromatic ring is 1. The Hall–Kier alpha value is -2.06. The molecule has 0 aliphatic rings. The Kier molecular flexibility index (Phi) is 3.49. The Balaban J connectivity index is 2.28. The third-order valence-corrected chi connectivity index (χ3v) is 3.65. The van der Waals surface area contributed by atoms with Gasteiger partial charge in [0, 0.05) is 18.7 Å². The predicted octanol–water partition coefficient (Wildman–Crippen LogP) is 2.02. The molecule has 0 aromatic carbocycles. The minimum atomic E-state index is -0.196. The Morgan fingerprint density at radius 2 is 2.50 bits per heavy atom. The van der Waals surface area contributed by atoms with Crippen molar-refractivity contribution < 1.29 is 4.79 Å². The molecule has 3 N–H and O–H groups in total. The standard InChI is InChI=1S/C13H13N3OS/c1-3-5-8(2)16-13(17)12-10(14)11-9(18-12)6-4-7-15-11/h1,4,6-8H,5,14H2,2H3,(H,16,17). The highest BCUT2D eigenvalue weighted by atomic mass is 32.1. The van der Waals surface area contributed by atoms with E-state index in [0.29, 0.717) is 22.5 Å². The number of pyridine rings is 1. The van der Waals surface area contributed by atoms with Crippen LogP contribution >= 0.6 is 11.3 Å². The van der Waals surface area contributed by atoms with Gasteiger partial charge < -0.3 is 11.1 Å². The van der Waals surface area contributed by atoms with Gasteiger partial charge in [-0.25, -0.2) is 0 Å². The van der Waals surface area contributed by atoms with Gasteiger partial charge in [0.15, 0.2) is 0 Å². The second kappa shape index (κ2) is 5.07. The number of fused-ring (bicyclic) bond motifs is 1. The van der Waals surface area contributed by atoms with Gasteiger partial charge in [0.2, 0.25) is 0 Å². The number of carbonyl (C=O) groups excluding carboxylic acids is 1. The summed E-state index contributed by atoms with van der Waals surface area (Å²) in [6, 6.07) is 3.64. The number of carbonyl (C=O) groups is 1. The number of nitrogens with two attached hydrogens (primary N) is 1. The molecular formula is C13H13N3OS. The number of rotatable bonds is 3. The minimum absolute atomic E-state index is 0.0694. The number of nitrogens with one attached hydrogen (secondary N) is 1. The van der Waals surface area contributed by atoms with Crippen molar-refractivity contribution in [2.24, 2.45) is 0 Å². The monoisotopic (exact) mass is 259 g/mol. The van der Waals surface area contributed by atoms with Gasteiger partial charge in [-0.2, -0.15) is 0 Å². The lowest BCUT2D eigenvalue weighted by molar-refractivity contribution is 0.0946. The summed E-state index contributed by atoms with van der Waals surface area (Å²) in [5.41, 5.74) is 7.05. The van der Waals surface area contributed by atoms with Gasteiger partial charge in [-0.3, -0.25) is 9.78 Å².